The van der Waals surface area contributed by atoms with Gasteiger partial charge in [-0.25, -0.2) is 19.6 Å². The lowest BCUT2D eigenvalue weighted by molar-refractivity contribution is 0.0428. The number of carbonyl (C=O) groups excluding carboxylic acids is 2. The van der Waals surface area contributed by atoms with Crippen LogP contribution in [0.25, 0.3) is 0 Å². The van der Waals surface area contributed by atoms with Gasteiger partial charge in [0.25, 0.3) is 0 Å². The lowest BCUT2D eigenvalue weighted by Crippen LogP contribution is -2.46. The fourth-order valence-corrected chi connectivity index (χ4v) is 5.37. The second-order valence-corrected chi connectivity index (χ2v) is 12.6. The maximum atomic E-state index is 13.1. The van der Waals surface area contributed by atoms with Gasteiger partial charge in [-0.05, 0) is 93.3 Å². The molecule has 4 rings (SSSR count). The molecule has 1 fully saturated rings. The summed E-state index contributed by atoms with van der Waals surface area (Å²) in [5.74, 6) is 0.584. The molecule has 2 N–H and O–H groups in total. The van der Waals surface area contributed by atoms with Crippen molar-refractivity contribution < 1.29 is 19.1 Å². The molecule has 1 aliphatic carbocycles. The van der Waals surface area contributed by atoms with Crippen molar-refractivity contribution in [3.05, 3.63) is 46.2 Å². The number of aromatic nitrogens is 2. The third-order valence-electron chi connectivity index (χ3n) is 6.74. The van der Waals surface area contributed by atoms with Crippen LogP contribution in [0.3, 0.4) is 0 Å². The van der Waals surface area contributed by atoms with E-state index in [-0.39, 0.29) is 21.9 Å². The highest BCUT2D eigenvalue weighted by molar-refractivity contribution is 9.10. The first-order valence-corrected chi connectivity index (χ1v) is 13.4. The molecule has 0 saturated carbocycles. The Labute approximate surface area is 226 Å². The molecule has 9 nitrogen and oxygen atoms in total. The van der Waals surface area contributed by atoms with Gasteiger partial charge in [-0.1, -0.05) is 24.3 Å². The smallest absolute Gasteiger partial charge is 0.425 e. The fraction of sp³-hybridized carbons (Fsp3) is 0.556. The molecule has 1 aromatic heterocycles. The molecule has 200 valence electrons. The van der Waals surface area contributed by atoms with E-state index in [1.807, 2.05) is 6.07 Å². The number of rotatable bonds is 2. The third kappa shape index (κ3) is 5.90. The van der Waals surface area contributed by atoms with Gasteiger partial charge in [-0.3, -0.25) is 0 Å². The Hall–Kier alpha value is -2.72. The molecule has 1 saturated heterocycles. The molecule has 10 heteroatoms. The third-order valence-corrected chi connectivity index (χ3v) is 7.30. The number of nitrogens with two attached hydrogens (primary N) is 1. The Balaban J connectivity index is 1.58. The molecule has 2 heterocycles. The SMILES string of the molecule is CC(C)(C)OC(=O)N(C(=O)OC(C)(C)C)c1nc(N2CCC3(CC2)Cc2ccccc2[C@H]3N)cnc1Br. The lowest BCUT2D eigenvalue weighted by Gasteiger charge is -2.42. The number of hydrogen-bond donors (Lipinski definition) is 1. The van der Waals surface area contributed by atoms with Crippen molar-refractivity contribution in [2.45, 2.75) is 78.0 Å². The number of ether oxygens (including phenoxy) is 2. The minimum absolute atomic E-state index is 0.00670. The Kier molecular flexibility index (Phi) is 7.29. The first-order valence-electron chi connectivity index (χ1n) is 12.6. The van der Waals surface area contributed by atoms with E-state index in [1.54, 1.807) is 47.7 Å². The van der Waals surface area contributed by atoms with Crippen LogP contribution in [0.1, 0.15) is 71.6 Å². The van der Waals surface area contributed by atoms with E-state index in [9.17, 15) is 9.59 Å². The van der Waals surface area contributed by atoms with Crippen molar-refractivity contribution in [1.29, 1.82) is 0 Å². The monoisotopic (exact) mass is 573 g/mol. The number of piperidine rings is 1. The molecule has 1 aromatic carbocycles. The summed E-state index contributed by atoms with van der Waals surface area (Å²) in [6.07, 6.45) is 2.63. The van der Waals surface area contributed by atoms with Crippen LogP contribution in [0.2, 0.25) is 0 Å². The number of fused-ring (bicyclic) bond motifs is 1. The van der Waals surface area contributed by atoms with Crippen LogP contribution in [0, 0.1) is 5.41 Å². The highest BCUT2D eigenvalue weighted by Crippen LogP contribution is 2.51. The van der Waals surface area contributed by atoms with Crippen LogP contribution in [0.4, 0.5) is 21.2 Å². The van der Waals surface area contributed by atoms with E-state index < -0.39 is 23.4 Å². The van der Waals surface area contributed by atoms with Crippen LogP contribution in [-0.2, 0) is 15.9 Å². The van der Waals surface area contributed by atoms with Crippen LogP contribution in [0.5, 0.6) is 0 Å². The largest absolute Gasteiger partial charge is 0.443 e. The predicted molar refractivity (Wildman–Crippen MR) is 146 cm³/mol. The van der Waals surface area contributed by atoms with Crippen molar-refractivity contribution >= 4 is 39.8 Å². The number of halogens is 1. The molecule has 1 atom stereocenters. The summed E-state index contributed by atoms with van der Waals surface area (Å²) in [5, 5.41) is 0. The van der Waals surface area contributed by atoms with E-state index in [1.165, 1.54) is 11.1 Å². The molecule has 1 spiro atoms. The normalized spacial score (nSPS) is 18.9. The first kappa shape index (κ1) is 27.3. The highest BCUT2D eigenvalue weighted by atomic mass is 79.9. The summed E-state index contributed by atoms with van der Waals surface area (Å²) in [6, 6.07) is 8.43. The molecule has 2 aliphatic rings. The molecular weight excluding hydrogens is 538 g/mol. The summed E-state index contributed by atoms with van der Waals surface area (Å²) >= 11 is 3.36. The minimum atomic E-state index is -0.888. The molecular formula is C27H36BrN5O4. The second-order valence-electron chi connectivity index (χ2n) is 11.8. The van der Waals surface area contributed by atoms with Gasteiger partial charge in [0.15, 0.2) is 5.82 Å². The van der Waals surface area contributed by atoms with Crippen molar-refractivity contribution in [3.8, 4) is 0 Å². The van der Waals surface area contributed by atoms with Crippen molar-refractivity contribution in [1.82, 2.24) is 9.97 Å². The average Bonchev–Trinajstić information content (AvgIpc) is 3.05. The van der Waals surface area contributed by atoms with Crippen molar-refractivity contribution in [2.24, 2.45) is 11.1 Å². The van der Waals surface area contributed by atoms with E-state index in [0.717, 1.165) is 37.3 Å². The maximum Gasteiger partial charge on any atom is 0.425 e. The van der Waals surface area contributed by atoms with Gasteiger partial charge in [0.05, 0.1) is 6.20 Å². The van der Waals surface area contributed by atoms with Gasteiger partial charge in [0, 0.05) is 19.1 Å². The molecule has 0 unspecified atom stereocenters. The zero-order valence-electron chi connectivity index (χ0n) is 22.4. The van der Waals surface area contributed by atoms with Gasteiger partial charge in [-0.15, -0.1) is 0 Å². The van der Waals surface area contributed by atoms with E-state index in [2.05, 4.69) is 49.0 Å². The van der Waals surface area contributed by atoms with Gasteiger partial charge in [0.2, 0.25) is 0 Å². The minimum Gasteiger partial charge on any atom is -0.443 e. The number of anilines is 2. The van der Waals surface area contributed by atoms with Crippen LogP contribution < -0.4 is 15.5 Å². The van der Waals surface area contributed by atoms with Gasteiger partial charge in [0.1, 0.15) is 21.6 Å². The summed E-state index contributed by atoms with van der Waals surface area (Å²) in [5.41, 5.74) is 7.67. The maximum absolute atomic E-state index is 13.1. The summed E-state index contributed by atoms with van der Waals surface area (Å²) in [7, 11) is 0. The van der Waals surface area contributed by atoms with E-state index in [4.69, 9.17) is 15.2 Å². The van der Waals surface area contributed by atoms with E-state index in [0.29, 0.717) is 5.82 Å². The van der Waals surface area contributed by atoms with Gasteiger partial charge in [-0.2, -0.15) is 4.90 Å². The summed E-state index contributed by atoms with van der Waals surface area (Å²) < 4.78 is 11.2. The summed E-state index contributed by atoms with van der Waals surface area (Å²) in [6.45, 7) is 11.8. The van der Waals surface area contributed by atoms with Crippen LogP contribution in [0.15, 0.2) is 35.1 Å². The first-order chi connectivity index (χ1) is 17.2. The van der Waals surface area contributed by atoms with Crippen LogP contribution >= 0.6 is 15.9 Å². The predicted octanol–water partition coefficient (Wildman–Crippen LogP) is 5.76. The fourth-order valence-electron chi connectivity index (χ4n) is 5.00. The number of nitrogens with zero attached hydrogens (tertiary/aromatic N) is 4. The molecule has 2 amide bonds. The number of benzene rings is 1. The molecule has 0 radical (unpaired) electrons. The van der Waals surface area contributed by atoms with Gasteiger partial charge >= 0.3 is 12.2 Å². The summed E-state index contributed by atoms with van der Waals surface area (Å²) in [4.78, 5) is 38.3. The Morgan fingerprint density at radius 2 is 1.62 bits per heavy atom. The molecule has 37 heavy (non-hydrogen) atoms. The highest BCUT2D eigenvalue weighted by Gasteiger charge is 2.46. The average molecular weight is 575 g/mol. The topological polar surface area (TPSA) is 111 Å². The molecule has 2 aromatic rings. The number of amides is 2. The number of imide groups is 1. The van der Waals surface area contributed by atoms with Gasteiger partial charge < -0.3 is 20.1 Å². The molecule has 1 aliphatic heterocycles. The van der Waals surface area contributed by atoms with Crippen molar-refractivity contribution in [3.63, 3.8) is 0 Å². The van der Waals surface area contributed by atoms with Crippen LogP contribution in [-0.4, -0.2) is 46.4 Å². The zero-order valence-corrected chi connectivity index (χ0v) is 24.0. The Morgan fingerprint density at radius 3 is 2.16 bits per heavy atom. The van der Waals surface area contributed by atoms with E-state index >= 15 is 0 Å². The number of carbonyl (C=O) groups is 2. The zero-order chi connectivity index (χ0) is 27.2. The van der Waals surface area contributed by atoms with Crippen molar-refractivity contribution in [2.75, 3.05) is 22.9 Å². The second kappa shape index (κ2) is 9.87. The quantitative estimate of drug-likeness (QED) is 0.482. The molecule has 0 bridgehead atoms. The number of hydrogen-bond acceptors (Lipinski definition) is 8. The Morgan fingerprint density at radius 1 is 1.05 bits per heavy atom. The lowest BCUT2D eigenvalue weighted by atomic mass is 9.73. The Bertz CT molecular complexity index is 1150. The standard InChI is InChI=1S/C27H36BrN5O4/c1-25(2,3)36-23(34)33(24(35)37-26(4,5)6)22-21(28)30-16-19(31-22)32-13-11-27(12-14-32)15-17-9-7-8-10-18(17)20(27)29/h7-10,16,20H,11-15,29H2,1-6H3/t20-/m1/s1.